The number of hydrazone groups is 1. The summed E-state index contributed by atoms with van der Waals surface area (Å²) in [7, 11) is 0. The van der Waals surface area contributed by atoms with Gasteiger partial charge in [-0.2, -0.15) is 10.2 Å². The van der Waals surface area contributed by atoms with E-state index in [1.807, 2.05) is 80.1 Å². The van der Waals surface area contributed by atoms with E-state index in [0.717, 1.165) is 33.9 Å². The Morgan fingerprint density at radius 3 is 2.46 bits per heavy atom. The highest BCUT2D eigenvalue weighted by Gasteiger charge is 2.10. The van der Waals surface area contributed by atoms with Crippen LogP contribution in [0.3, 0.4) is 0 Å². The first-order valence-corrected chi connectivity index (χ1v) is 8.74. The molecule has 6 heteroatoms. The molecule has 0 aliphatic rings. The molecule has 0 bridgehead atoms. The van der Waals surface area contributed by atoms with Crippen molar-refractivity contribution in [1.82, 2.24) is 15.2 Å². The molecule has 3 aromatic rings. The average Bonchev–Trinajstić information content (AvgIpc) is 2.92. The zero-order valence-corrected chi connectivity index (χ0v) is 15.8. The Bertz CT molecular complexity index is 944. The molecule has 0 radical (unpaired) electrons. The fraction of sp³-hybridized carbons (Fsp3) is 0.150. The fourth-order valence-corrected chi connectivity index (χ4v) is 2.84. The van der Waals surface area contributed by atoms with Crippen LogP contribution in [0.25, 0.3) is 5.69 Å². The molecule has 1 aromatic heterocycles. The predicted octanol–water partition coefficient (Wildman–Crippen LogP) is 4.12. The summed E-state index contributed by atoms with van der Waals surface area (Å²) in [5.74, 6) is 0. The van der Waals surface area contributed by atoms with Crippen molar-refractivity contribution in [3.63, 3.8) is 0 Å². The minimum absolute atomic E-state index is 0.446. The molecule has 0 amide bonds. The smallest absolute Gasteiger partial charge is 0.191 e. The van der Waals surface area contributed by atoms with Gasteiger partial charge in [0.1, 0.15) is 0 Å². The zero-order chi connectivity index (χ0) is 18.5. The van der Waals surface area contributed by atoms with Crippen molar-refractivity contribution in [3.8, 4) is 5.69 Å². The van der Waals surface area contributed by atoms with Crippen molar-refractivity contribution >= 4 is 29.2 Å². The second-order valence-electron chi connectivity index (χ2n) is 5.97. The first kappa shape index (κ1) is 17.8. The first-order chi connectivity index (χ1) is 12.6. The van der Waals surface area contributed by atoms with Crippen LogP contribution in [0, 0.1) is 20.8 Å². The van der Waals surface area contributed by atoms with Crippen LogP contribution < -0.4 is 10.7 Å². The van der Waals surface area contributed by atoms with E-state index in [-0.39, 0.29) is 0 Å². The molecular formula is C20H21N5S. The lowest BCUT2D eigenvalue weighted by molar-refractivity contribution is 0.833. The highest BCUT2D eigenvalue weighted by molar-refractivity contribution is 7.80. The molecule has 26 heavy (non-hydrogen) atoms. The third-order valence-electron chi connectivity index (χ3n) is 4.10. The first-order valence-electron chi connectivity index (χ1n) is 8.33. The Balaban J connectivity index is 1.70. The number of benzene rings is 2. The lowest BCUT2D eigenvalue weighted by Crippen LogP contribution is -2.24. The molecular weight excluding hydrogens is 342 g/mol. The standard InChI is InChI=1S/C20H21N5S/c1-14-9-7-8-12-19(14)22-20(26)23-21-13-18-15(2)24-25(16(18)3)17-10-5-4-6-11-17/h4-13H,1-3H3,(H2,22,23,26)/b21-13-. The van der Waals surface area contributed by atoms with Crippen molar-refractivity contribution < 1.29 is 0 Å². The molecule has 2 N–H and O–H groups in total. The average molecular weight is 363 g/mol. The molecule has 0 atom stereocenters. The minimum atomic E-state index is 0.446. The molecule has 2 aromatic carbocycles. The van der Waals surface area contributed by atoms with Gasteiger partial charge in [0.25, 0.3) is 0 Å². The monoisotopic (exact) mass is 363 g/mol. The van der Waals surface area contributed by atoms with Gasteiger partial charge >= 0.3 is 0 Å². The Kier molecular flexibility index (Phi) is 5.43. The maximum Gasteiger partial charge on any atom is 0.191 e. The lowest BCUT2D eigenvalue weighted by Gasteiger charge is -2.09. The Morgan fingerprint density at radius 1 is 1.04 bits per heavy atom. The summed E-state index contributed by atoms with van der Waals surface area (Å²) in [6.07, 6.45) is 1.75. The van der Waals surface area contributed by atoms with E-state index < -0.39 is 0 Å². The van der Waals surface area contributed by atoms with Crippen LogP contribution in [0.5, 0.6) is 0 Å². The summed E-state index contributed by atoms with van der Waals surface area (Å²) >= 11 is 5.30. The van der Waals surface area contributed by atoms with Gasteiger partial charge in [-0.1, -0.05) is 36.4 Å². The topological polar surface area (TPSA) is 54.2 Å². The number of aryl methyl sites for hydroxylation is 2. The third-order valence-corrected chi connectivity index (χ3v) is 4.29. The summed E-state index contributed by atoms with van der Waals surface area (Å²) in [4.78, 5) is 0. The Labute approximate surface area is 158 Å². The third kappa shape index (κ3) is 3.97. The van der Waals surface area contributed by atoms with E-state index in [0.29, 0.717) is 5.11 Å². The normalized spacial score (nSPS) is 10.9. The van der Waals surface area contributed by atoms with E-state index in [4.69, 9.17) is 12.2 Å². The lowest BCUT2D eigenvalue weighted by atomic mass is 10.2. The summed E-state index contributed by atoms with van der Waals surface area (Å²) in [5, 5.41) is 12.5. The molecule has 0 unspecified atom stereocenters. The van der Waals surface area contributed by atoms with Crippen molar-refractivity contribution in [1.29, 1.82) is 0 Å². The van der Waals surface area contributed by atoms with Gasteiger partial charge in [0.05, 0.1) is 23.3 Å². The SMILES string of the molecule is Cc1ccccc1NC(=S)N/N=C\c1c(C)nn(-c2ccccc2)c1C. The maximum atomic E-state index is 5.30. The fourth-order valence-electron chi connectivity index (χ4n) is 2.68. The van der Waals surface area contributed by atoms with Gasteiger partial charge in [0, 0.05) is 11.3 Å². The largest absolute Gasteiger partial charge is 0.331 e. The van der Waals surface area contributed by atoms with Gasteiger partial charge in [-0.25, -0.2) is 4.68 Å². The number of rotatable bonds is 4. The number of nitrogens with one attached hydrogen (secondary N) is 2. The van der Waals surface area contributed by atoms with Crippen LogP contribution in [0.15, 0.2) is 59.7 Å². The van der Waals surface area contributed by atoms with Crippen LogP contribution in [-0.2, 0) is 0 Å². The summed E-state index contributed by atoms with van der Waals surface area (Å²) in [6, 6.07) is 18.0. The van der Waals surface area contributed by atoms with Crippen LogP contribution >= 0.6 is 12.2 Å². The van der Waals surface area contributed by atoms with Crippen LogP contribution in [0.1, 0.15) is 22.5 Å². The second-order valence-corrected chi connectivity index (χ2v) is 6.38. The number of para-hydroxylation sites is 2. The van der Waals surface area contributed by atoms with Crippen molar-refractivity contribution in [2.45, 2.75) is 20.8 Å². The van der Waals surface area contributed by atoms with Crippen LogP contribution in [0.4, 0.5) is 5.69 Å². The number of nitrogens with zero attached hydrogens (tertiary/aromatic N) is 3. The molecule has 0 aliphatic heterocycles. The van der Waals surface area contributed by atoms with Gasteiger partial charge in [0.15, 0.2) is 5.11 Å². The van der Waals surface area contributed by atoms with E-state index in [1.54, 1.807) is 6.21 Å². The van der Waals surface area contributed by atoms with Gasteiger partial charge < -0.3 is 5.32 Å². The Hall–Kier alpha value is -2.99. The second kappa shape index (κ2) is 7.93. The number of hydrogen-bond acceptors (Lipinski definition) is 3. The zero-order valence-electron chi connectivity index (χ0n) is 15.0. The molecule has 5 nitrogen and oxygen atoms in total. The Morgan fingerprint density at radius 2 is 1.73 bits per heavy atom. The van der Waals surface area contributed by atoms with Crippen molar-refractivity contribution in [2.75, 3.05) is 5.32 Å². The van der Waals surface area contributed by atoms with Crippen LogP contribution in [-0.4, -0.2) is 21.1 Å². The molecule has 0 fully saturated rings. The number of thiocarbonyl (C=S) groups is 1. The summed E-state index contributed by atoms with van der Waals surface area (Å²) < 4.78 is 1.92. The van der Waals surface area contributed by atoms with E-state index in [1.165, 1.54) is 0 Å². The van der Waals surface area contributed by atoms with E-state index >= 15 is 0 Å². The predicted molar refractivity (Wildman–Crippen MR) is 111 cm³/mol. The molecule has 0 saturated carbocycles. The molecule has 3 rings (SSSR count). The van der Waals surface area contributed by atoms with E-state index in [9.17, 15) is 0 Å². The highest BCUT2D eigenvalue weighted by atomic mass is 32.1. The van der Waals surface area contributed by atoms with Crippen LogP contribution in [0.2, 0.25) is 0 Å². The molecule has 0 spiro atoms. The van der Waals surface area contributed by atoms with Gasteiger partial charge in [-0.3, -0.25) is 5.43 Å². The van der Waals surface area contributed by atoms with Gasteiger partial charge in [0.2, 0.25) is 0 Å². The number of aromatic nitrogens is 2. The van der Waals surface area contributed by atoms with Gasteiger partial charge in [-0.15, -0.1) is 0 Å². The number of hydrogen-bond donors (Lipinski definition) is 2. The highest BCUT2D eigenvalue weighted by Crippen LogP contribution is 2.16. The van der Waals surface area contributed by atoms with Gasteiger partial charge in [-0.05, 0) is 56.8 Å². The molecule has 1 heterocycles. The maximum absolute atomic E-state index is 5.30. The molecule has 132 valence electrons. The quantitative estimate of drug-likeness (QED) is 0.416. The minimum Gasteiger partial charge on any atom is -0.331 e. The molecule has 0 saturated heterocycles. The van der Waals surface area contributed by atoms with Crippen molar-refractivity contribution in [2.24, 2.45) is 5.10 Å². The van der Waals surface area contributed by atoms with E-state index in [2.05, 4.69) is 20.9 Å². The van der Waals surface area contributed by atoms with Crippen molar-refractivity contribution in [3.05, 3.63) is 77.1 Å². The summed E-state index contributed by atoms with van der Waals surface area (Å²) in [6.45, 7) is 6.02. The molecule has 0 aliphatic carbocycles. The number of anilines is 1. The summed E-state index contributed by atoms with van der Waals surface area (Å²) in [5.41, 5.74) is 8.88.